The zero-order valence-corrected chi connectivity index (χ0v) is 19.0. The molecule has 0 saturated carbocycles. The quantitative estimate of drug-likeness (QED) is 0.269. The number of hydrogen-bond donors (Lipinski definition) is 3. The first kappa shape index (κ1) is 22.9. The van der Waals surface area contributed by atoms with Crippen molar-refractivity contribution < 1.29 is 14.4 Å². The van der Waals surface area contributed by atoms with Crippen molar-refractivity contribution in [2.75, 3.05) is 6.54 Å². The van der Waals surface area contributed by atoms with E-state index < -0.39 is 5.91 Å². The van der Waals surface area contributed by atoms with Crippen LogP contribution in [-0.4, -0.2) is 34.0 Å². The summed E-state index contributed by atoms with van der Waals surface area (Å²) in [5.74, 6) is -0.992. The Morgan fingerprint density at radius 1 is 0.882 bits per heavy atom. The monoisotopic (exact) mass is 473 g/mol. The van der Waals surface area contributed by atoms with E-state index >= 15 is 0 Å². The van der Waals surface area contributed by atoms with Gasteiger partial charge in [0.05, 0.1) is 11.3 Å². The molecule has 0 atom stereocenters. The van der Waals surface area contributed by atoms with E-state index in [1.807, 2.05) is 66.0 Å². The molecule has 0 unspecified atom stereocenters. The second-order valence-electron chi connectivity index (χ2n) is 7.41. The van der Waals surface area contributed by atoms with Gasteiger partial charge in [0.25, 0.3) is 11.8 Å². The molecule has 34 heavy (non-hydrogen) atoms. The average Bonchev–Trinajstić information content (AvgIpc) is 3.57. The highest BCUT2D eigenvalue weighted by molar-refractivity contribution is 7.08. The molecule has 4 aromatic rings. The Balaban J connectivity index is 1.35. The summed E-state index contributed by atoms with van der Waals surface area (Å²) in [5, 5.41) is 11.0. The summed E-state index contributed by atoms with van der Waals surface area (Å²) in [5.41, 5.74) is 7.95. The van der Waals surface area contributed by atoms with Gasteiger partial charge in [0, 0.05) is 35.7 Å². The molecule has 172 valence electrons. The molecule has 3 amide bonds. The third kappa shape index (κ3) is 5.76. The normalized spacial score (nSPS) is 10.5. The van der Waals surface area contributed by atoms with Gasteiger partial charge in [-0.15, -0.1) is 0 Å². The van der Waals surface area contributed by atoms with Crippen molar-refractivity contribution in [1.29, 1.82) is 0 Å². The SMILES string of the molecule is O=C(CCCNC(=O)c1ccsc1)NNC(=O)c1cn(-c2ccccc2)nc1-c1ccccc1. The molecule has 9 heteroatoms. The van der Waals surface area contributed by atoms with Gasteiger partial charge in [-0.05, 0) is 30.0 Å². The van der Waals surface area contributed by atoms with Crippen molar-refractivity contribution in [2.45, 2.75) is 12.8 Å². The van der Waals surface area contributed by atoms with Crippen LogP contribution in [0.15, 0.2) is 83.7 Å². The summed E-state index contributed by atoms with van der Waals surface area (Å²) in [6, 6.07) is 20.6. The zero-order chi connectivity index (χ0) is 23.8. The van der Waals surface area contributed by atoms with Gasteiger partial charge in [-0.3, -0.25) is 25.2 Å². The van der Waals surface area contributed by atoms with Crippen LogP contribution in [0.3, 0.4) is 0 Å². The summed E-state index contributed by atoms with van der Waals surface area (Å²) in [4.78, 5) is 37.0. The number of aromatic nitrogens is 2. The second-order valence-corrected chi connectivity index (χ2v) is 8.19. The lowest BCUT2D eigenvalue weighted by atomic mass is 10.1. The van der Waals surface area contributed by atoms with Crippen LogP contribution in [0.2, 0.25) is 0 Å². The molecule has 0 saturated heterocycles. The smallest absolute Gasteiger partial charge is 0.273 e. The van der Waals surface area contributed by atoms with Gasteiger partial charge >= 0.3 is 0 Å². The molecule has 0 aliphatic carbocycles. The molecule has 0 fully saturated rings. The molecular formula is C25H23N5O3S. The van der Waals surface area contributed by atoms with Crippen LogP contribution in [0.4, 0.5) is 0 Å². The lowest BCUT2D eigenvalue weighted by molar-refractivity contribution is -0.121. The van der Waals surface area contributed by atoms with Crippen molar-refractivity contribution in [3.8, 4) is 16.9 Å². The molecule has 2 heterocycles. The highest BCUT2D eigenvalue weighted by Gasteiger charge is 2.19. The first-order valence-electron chi connectivity index (χ1n) is 10.7. The van der Waals surface area contributed by atoms with Gasteiger partial charge < -0.3 is 5.32 Å². The fraction of sp³-hybridized carbons (Fsp3) is 0.120. The minimum atomic E-state index is -0.472. The van der Waals surface area contributed by atoms with Crippen molar-refractivity contribution in [1.82, 2.24) is 25.9 Å². The lowest BCUT2D eigenvalue weighted by Gasteiger charge is -2.08. The van der Waals surface area contributed by atoms with E-state index in [1.54, 1.807) is 22.3 Å². The van der Waals surface area contributed by atoms with Gasteiger partial charge in [-0.2, -0.15) is 16.4 Å². The third-order valence-electron chi connectivity index (χ3n) is 4.99. The van der Waals surface area contributed by atoms with Crippen LogP contribution >= 0.6 is 11.3 Å². The number of amides is 3. The molecule has 0 radical (unpaired) electrons. The number of nitrogens with zero attached hydrogens (tertiary/aromatic N) is 2. The number of hydrogen-bond acceptors (Lipinski definition) is 5. The summed E-state index contributed by atoms with van der Waals surface area (Å²) in [6.07, 6.45) is 2.23. The number of carbonyl (C=O) groups is 3. The summed E-state index contributed by atoms with van der Waals surface area (Å²) < 4.78 is 1.63. The van der Waals surface area contributed by atoms with Crippen LogP contribution < -0.4 is 16.2 Å². The highest BCUT2D eigenvalue weighted by atomic mass is 32.1. The number of thiophene rings is 1. The van der Waals surface area contributed by atoms with E-state index in [9.17, 15) is 14.4 Å². The summed E-state index contributed by atoms with van der Waals surface area (Å²) in [7, 11) is 0. The van der Waals surface area contributed by atoms with Crippen LogP contribution in [0.1, 0.15) is 33.6 Å². The van der Waals surface area contributed by atoms with E-state index in [4.69, 9.17) is 0 Å². The fourth-order valence-electron chi connectivity index (χ4n) is 3.27. The summed E-state index contributed by atoms with van der Waals surface area (Å²) in [6.45, 7) is 0.359. The largest absolute Gasteiger partial charge is 0.352 e. The van der Waals surface area contributed by atoms with Crippen molar-refractivity contribution in [3.63, 3.8) is 0 Å². The van der Waals surface area contributed by atoms with Gasteiger partial charge in [0.15, 0.2) is 0 Å². The maximum atomic E-state index is 12.9. The van der Waals surface area contributed by atoms with E-state index in [1.165, 1.54) is 11.3 Å². The lowest BCUT2D eigenvalue weighted by Crippen LogP contribution is -2.41. The molecule has 0 bridgehead atoms. The molecule has 8 nitrogen and oxygen atoms in total. The van der Waals surface area contributed by atoms with Crippen molar-refractivity contribution in [2.24, 2.45) is 0 Å². The van der Waals surface area contributed by atoms with Gasteiger partial charge in [-0.1, -0.05) is 48.5 Å². The predicted octanol–water partition coefficient (Wildman–Crippen LogP) is 3.57. The van der Waals surface area contributed by atoms with Gasteiger partial charge in [-0.25, -0.2) is 4.68 Å². The number of benzene rings is 2. The standard InChI is InChI=1S/C25H23N5O3S/c31-22(12-7-14-26-24(32)19-13-15-34-17-19)27-28-25(33)21-16-30(20-10-5-2-6-11-20)29-23(21)18-8-3-1-4-9-18/h1-6,8-11,13,15-17H,7,12,14H2,(H,26,32)(H,27,31)(H,28,33). The molecule has 4 rings (SSSR count). The minimum absolute atomic E-state index is 0.152. The van der Waals surface area contributed by atoms with E-state index in [0.717, 1.165) is 11.3 Å². The van der Waals surface area contributed by atoms with Crippen molar-refractivity contribution in [3.05, 3.63) is 94.8 Å². The molecule has 3 N–H and O–H groups in total. The van der Waals surface area contributed by atoms with E-state index in [-0.39, 0.29) is 18.2 Å². The third-order valence-corrected chi connectivity index (χ3v) is 5.68. The Hall–Kier alpha value is -4.24. The Morgan fingerprint density at radius 3 is 2.32 bits per heavy atom. The molecule has 0 aliphatic rings. The number of nitrogens with one attached hydrogen (secondary N) is 3. The van der Waals surface area contributed by atoms with Crippen LogP contribution in [0.25, 0.3) is 16.9 Å². The van der Waals surface area contributed by atoms with Gasteiger partial charge in [0.2, 0.25) is 5.91 Å². The Morgan fingerprint density at radius 2 is 1.62 bits per heavy atom. The van der Waals surface area contributed by atoms with E-state index in [2.05, 4.69) is 21.3 Å². The topological polar surface area (TPSA) is 105 Å². The Bertz CT molecular complexity index is 1250. The first-order chi connectivity index (χ1) is 16.6. The van der Waals surface area contributed by atoms with Crippen molar-refractivity contribution >= 4 is 29.1 Å². The molecule has 2 aromatic heterocycles. The molecule has 0 aliphatic heterocycles. The summed E-state index contributed by atoms with van der Waals surface area (Å²) >= 11 is 1.45. The molecule has 2 aromatic carbocycles. The second kappa shape index (κ2) is 11.1. The number of rotatable bonds is 8. The Labute approximate surface area is 200 Å². The van der Waals surface area contributed by atoms with E-state index in [0.29, 0.717) is 29.8 Å². The fourth-order valence-corrected chi connectivity index (χ4v) is 3.90. The average molecular weight is 474 g/mol. The maximum Gasteiger partial charge on any atom is 0.273 e. The Kier molecular flexibility index (Phi) is 7.46. The first-order valence-corrected chi connectivity index (χ1v) is 11.7. The van der Waals surface area contributed by atoms with Crippen LogP contribution in [0.5, 0.6) is 0 Å². The highest BCUT2D eigenvalue weighted by Crippen LogP contribution is 2.23. The molecule has 0 spiro atoms. The number of hydrazine groups is 1. The van der Waals surface area contributed by atoms with Crippen LogP contribution in [-0.2, 0) is 4.79 Å². The van der Waals surface area contributed by atoms with Crippen LogP contribution in [0, 0.1) is 0 Å². The zero-order valence-electron chi connectivity index (χ0n) is 18.2. The number of carbonyl (C=O) groups excluding carboxylic acids is 3. The molecular weight excluding hydrogens is 450 g/mol. The van der Waals surface area contributed by atoms with Gasteiger partial charge in [0.1, 0.15) is 5.69 Å². The maximum absolute atomic E-state index is 12.9. The number of para-hydroxylation sites is 1. The predicted molar refractivity (Wildman–Crippen MR) is 130 cm³/mol. The minimum Gasteiger partial charge on any atom is -0.352 e.